The second-order valence-electron chi connectivity index (χ2n) is 11.5. The molecule has 1 heterocycles. The Morgan fingerprint density at radius 3 is 1.98 bits per heavy atom. The SMILES string of the molecule is COc1ccc(-c2ccc3c(c2)c2cc(CNc4ccc(OCCCN(C)C)cc4)ccc2n3CCCN(C)C)cc1. The van der Waals surface area contributed by atoms with Crippen LogP contribution in [0.4, 0.5) is 5.69 Å². The largest absolute Gasteiger partial charge is 0.497 e. The van der Waals surface area contributed by atoms with Crippen LogP contribution in [-0.2, 0) is 13.1 Å². The summed E-state index contributed by atoms with van der Waals surface area (Å²) < 4.78 is 13.8. The Kier molecular flexibility index (Phi) is 9.67. The normalized spacial score (nSPS) is 11.6. The first kappa shape index (κ1) is 29.5. The van der Waals surface area contributed by atoms with E-state index < -0.39 is 0 Å². The summed E-state index contributed by atoms with van der Waals surface area (Å²) >= 11 is 0. The Hall–Kier alpha value is -4.00. The Morgan fingerprint density at radius 1 is 0.667 bits per heavy atom. The predicted molar refractivity (Wildman–Crippen MR) is 177 cm³/mol. The molecule has 4 aromatic carbocycles. The fourth-order valence-corrected chi connectivity index (χ4v) is 5.45. The van der Waals surface area contributed by atoms with Gasteiger partial charge in [0.2, 0.25) is 0 Å². The van der Waals surface area contributed by atoms with Gasteiger partial charge in [-0.05, 0) is 125 Å². The molecule has 0 bridgehead atoms. The standard InChI is InChI=1S/C36H44N4O2/c1-38(2)20-6-22-40-35-18-8-27(26-37-30-12-16-32(17-13-30)42-23-7-21-39(3)4)24-33(35)34-25-29(11-19-36(34)40)28-9-14-31(41-5)15-10-28/h8-19,24-25,37H,6-7,20-23,26H2,1-5H3. The molecule has 220 valence electrons. The van der Waals surface area contributed by atoms with Gasteiger partial charge in [-0.3, -0.25) is 0 Å². The zero-order valence-corrected chi connectivity index (χ0v) is 25.7. The fourth-order valence-electron chi connectivity index (χ4n) is 5.45. The average Bonchev–Trinajstić information content (AvgIpc) is 3.30. The smallest absolute Gasteiger partial charge is 0.119 e. The number of fused-ring (bicyclic) bond motifs is 3. The van der Waals surface area contributed by atoms with Crippen molar-refractivity contribution in [2.24, 2.45) is 0 Å². The fraction of sp³-hybridized carbons (Fsp3) is 0.333. The van der Waals surface area contributed by atoms with Crippen molar-refractivity contribution < 1.29 is 9.47 Å². The number of benzene rings is 4. The summed E-state index contributed by atoms with van der Waals surface area (Å²) in [7, 11) is 10.2. The first-order valence-electron chi connectivity index (χ1n) is 14.9. The predicted octanol–water partition coefficient (Wildman–Crippen LogP) is 7.36. The van der Waals surface area contributed by atoms with Crippen LogP contribution in [0, 0.1) is 0 Å². The van der Waals surface area contributed by atoms with Crippen molar-refractivity contribution in [3.05, 3.63) is 90.5 Å². The third kappa shape index (κ3) is 7.25. The number of anilines is 1. The molecule has 6 nitrogen and oxygen atoms in total. The highest BCUT2D eigenvalue weighted by atomic mass is 16.5. The number of ether oxygens (including phenoxy) is 2. The van der Waals surface area contributed by atoms with Crippen LogP contribution in [0.2, 0.25) is 0 Å². The Balaban J connectivity index is 1.37. The number of rotatable bonds is 14. The van der Waals surface area contributed by atoms with E-state index in [4.69, 9.17) is 9.47 Å². The minimum atomic E-state index is 0.730. The molecule has 0 saturated heterocycles. The molecule has 0 fully saturated rings. The molecule has 0 aliphatic carbocycles. The van der Waals surface area contributed by atoms with Crippen molar-refractivity contribution in [3.63, 3.8) is 0 Å². The van der Waals surface area contributed by atoms with E-state index in [2.05, 4.69) is 109 Å². The monoisotopic (exact) mass is 564 g/mol. The molecule has 0 unspecified atom stereocenters. The van der Waals surface area contributed by atoms with E-state index in [0.29, 0.717) is 0 Å². The van der Waals surface area contributed by atoms with E-state index >= 15 is 0 Å². The summed E-state index contributed by atoms with van der Waals surface area (Å²) in [5.41, 5.74) is 7.32. The number of aromatic nitrogens is 1. The zero-order valence-electron chi connectivity index (χ0n) is 25.7. The van der Waals surface area contributed by atoms with Gasteiger partial charge in [-0.15, -0.1) is 0 Å². The van der Waals surface area contributed by atoms with Crippen LogP contribution in [0.25, 0.3) is 32.9 Å². The number of hydrogen-bond acceptors (Lipinski definition) is 5. The van der Waals surface area contributed by atoms with E-state index in [9.17, 15) is 0 Å². The zero-order chi connectivity index (χ0) is 29.5. The number of methoxy groups -OCH3 is 1. The molecule has 0 amide bonds. The van der Waals surface area contributed by atoms with Gasteiger partial charge in [0.05, 0.1) is 13.7 Å². The molecule has 0 saturated carbocycles. The van der Waals surface area contributed by atoms with E-state index in [1.54, 1.807) is 7.11 Å². The van der Waals surface area contributed by atoms with Crippen LogP contribution < -0.4 is 14.8 Å². The summed E-state index contributed by atoms with van der Waals surface area (Å²) in [5.74, 6) is 1.78. The molecule has 1 N–H and O–H groups in total. The van der Waals surface area contributed by atoms with Crippen LogP contribution in [-0.4, -0.2) is 69.4 Å². The van der Waals surface area contributed by atoms with Crippen molar-refractivity contribution in [1.82, 2.24) is 14.4 Å². The van der Waals surface area contributed by atoms with Crippen molar-refractivity contribution in [1.29, 1.82) is 0 Å². The molecule has 42 heavy (non-hydrogen) atoms. The first-order valence-corrected chi connectivity index (χ1v) is 14.9. The first-order chi connectivity index (χ1) is 20.4. The van der Waals surface area contributed by atoms with Crippen molar-refractivity contribution in [2.45, 2.75) is 25.9 Å². The van der Waals surface area contributed by atoms with Gasteiger partial charge < -0.3 is 29.2 Å². The molecule has 5 rings (SSSR count). The van der Waals surface area contributed by atoms with Crippen LogP contribution in [0.5, 0.6) is 11.5 Å². The van der Waals surface area contributed by atoms with Gasteiger partial charge in [-0.2, -0.15) is 0 Å². The summed E-state index contributed by atoms with van der Waals surface area (Å²) in [6.45, 7) is 4.56. The van der Waals surface area contributed by atoms with Crippen molar-refractivity contribution in [2.75, 3.05) is 60.3 Å². The van der Waals surface area contributed by atoms with Gasteiger partial charge in [0.15, 0.2) is 0 Å². The van der Waals surface area contributed by atoms with Crippen molar-refractivity contribution >= 4 is 27.5 Å². The van der Waals surface area contributed by atoms with Gasteiger partial charge in [-0.1, -0.05) is 24.3 Å². The lowest BCUT2D eigenvalue weighted by atomic mass is 10.0. The number of nitrogens with zero attached hydrogens (tertiary/aromatic N) is 3. The lowest BCUT2D eigenvalue weighted by Crippen LogP contribution is -2.15. The molecule has 0 aliphatic rings. The molecule has 0 aliphatic heterocycles. The highest BCUT2D eigenvalue weighted by Crippen LogP contribution is 2.34. The highest BCUT2D eigenvalue weighted by Gasteiger charge is 2.13. The number of aryl methyl sites for hydroxylation is 1. The lowest BCUT2D eigenvalue weighted by molar-refractivity contribution is 0.281. The maximum atomic E-state index is 5.89. The van der Waals surface area contributed by atoms with E-state index in [1.165, 1.54) is 38.5 Å². The number of nitrogens with one attached hydrogen (secondary N) is 1. The minimum absolute atomic E-state index is 0.730. The van der Waals surface area contributed by atoms with Gasteiger partial charge in [0.25, 0.3) is 0 Å². The van der Waals surface area contributed by atoms with Crippen LogP contribution in [0.15, 0.2) is 84.9 Å². The molecule has 5 aromatic rings. The molecule has 0 atom stereocenters. The molecule has 0 radical (unpaired) electrons. The van der Waals surface area contributed by atoms with Crippen molar-refractivity contribution in [3.8, 4) is 22.6 Å². The lowest BCUT2D eigenvalue weighted by Gasteiger charge is -2.12. The quantitative estimate of drug-likeness (QED) is 0.143. The Bertz CT molecular complexity index is 1590. The summed E-state index contributed by atoms with van der Waals surface area (Å²) in [5, 5.41) is 6.19. The number of hydrogen-bond donors (Lipinski definition) is 1. The molecule has 0 spiro atoms. The Morgan fingerprint density at radius 2 is 1.29 bits per heavy atom. The van der Waals surface area contributed by atoms with Crippen LogP contribution in [0.3, 0.4) is 0 Å². The third-order valence-electron chi connectivity index (χ3n) is 7.71. The van der Waals surface area contributed by atoms with E-state index in [0.717, 1.165) is 62.8 Å². The van der Waals surface area contributed by atoms with Gasteiger partial charge in [0, 0.05) is 47.1 Å². The summed E-state index contributed by atoms with van der Waals surface area (Å²) in [6.07, 6.45) is 2.12. The van der Waals surface area contributed by atoms with E-state index in [-0.39, 0.29) is 0 Å². The minimum Gasteiger partial charge on any atom is -0.497 e. The summed E-state index contributed by atoms with van der Waals surface area (Å²) in [4.78, 5) is 4.43. The third-order valence-corrected chi connectivity index (χ3v) is 7.71. The van der Waals surface area contributed by atoms with E-state index in [1.807, 2.05) is 24.3 Å². The van der Waals surface area contributed by atoms with Crippen LogP contribution in [0.1, 0.15) is 18.4 Å². The maximum absolute atomic E-state index is 5.89. The molecular weight excluding hydrogens is 520 g/mol. The van der Waals surface area contributed by atoms with Crippen LogP contribution >= 0.6 is 0 Å². The average molecular weight is 565 g/mol. The second-order valence-corrected chi connectivity index (χ2v) is 11.5. The maximum Gasteiger partial charge on any atom is 0.119 e. The Labute approximate surface area is 250 Å². The topological polar surface area (TPSA) is 41.9 Å². The van der Waals surface area contributed by atoms with Gasteiger partial charge in [0.1, 0.15) is 11.5 Å². The van der Waals surface area contributed by atoms with Gasteiger partial charge >= 0.3 is 0 Å². The molecule has 1 aromatic heterocycles. The molecular formula is C36H44N4O2. The molecule has 6 heteroatoms. The highest BCUT2D eigenvalue weighted by molar-refractivity contribution is 6.09. The second kappa shape index (κ2) is 13.8. The summed E-state index contributed by atoms with van der Waals surface area (Å²) in [6, 6.07) is 30.4. The van der Waals surface area contributed by atoms with Gasteiger partial charge in [-0.25, -0.2) is 0 Å².